The van der Waals surface area contributed by atoms with Gasteiger partial charge in [0.15, 0.2) is 5.82 Å². The first-order valence-corrected chi connectivity index (χ1v) is 6.17. The molecule has 4 heteroatoms. The van der Waals surface area contributed by atoms with Crippen molar-refractivity contribution in [3.63, 3.8) is 0 Å². The maximum absolute atomic E-state index is 12.2. The van der Waals surface area contributed by atoms with E-state index in [2.05, 4.69) is 22.5 Å². The fourth-order valence-electron chi connectivity index (χ4n) is 1.87. The lowest BCUT2D eigenvalue weighted by atomic mass is 10.1. The number of alkyl halides is 1. The molecule has 18 heavy (non-hydrogen) atoms. The third-order valence-corrected chi connectivity index (χ3v) is 2.81. The first-order valence-electron chi connectivity index (χ1n) is 6.17. The number of hydrogen-bond acceptors (Lipinski definition) is 2. The average Bonchev–Trinajstić information content (AvgIpc) is 2.72. The molecule has 0 saturated heterocycles. The molecule has 1 heterocycles. The van der Waals surface area contributed by atoms with Crippen LogP contribution in [0.1, 0.15) is 11.1 Å². The zero-order valence-corrected chi connectivity index (χ0v) is 10.6. The van der Waals surface area contributed by atoms with Gasteiger partial charge in [-0.25, -0.2) is 4.39 Å². The van der Waals surface area contributed by atoms with Crippen molar-refractivity contribution in [3.8, 4) is 0 Å². The van der Waals surface area contributed by atoms with E-state index in [1.165, 1.54) is 5.56 Å². The van der Waals surface area contributed by atoms with Crippen molar-refractivity contribution in [2.45, 2.75) is 19.9 Å². The Labute approximate surface area is 107 Å². The average molecular weight is 247 g/mol. The summed E-state index contributed by atoms with van der Waals surface area (Å²) >= 11 is 0. The summed E-state index contributed by atoms with van der Waals surface area (Å²) in [6.45, 7) is 2.75. The second-order valence-electron chi connectivity index (χ2n) is 4.28. The maximum Gasteiger partial charge on any atom is 0.150 e. The Hall–Kier alpha value is -1.84. The lowest BCUT2D eigenvalue weighted by molar-refractivity contribution is 0.427. The fourth-order valence-corrected chi connectivity index (χ4v) is 1.87. The fraction of sp³-hybridized carbons (Fsp3) is 0.357. The van der Waals surface area contributed by atoms with Crippen LogP contribution in [-0.4, -0.2) is 23.0 Å². The summed E-state index contributed by atoms with van der Waals surface area (Å²) in [6, 6.07) is 10.3. The van der Waals surface area contributed by atoms with Crippen LogP contribution in [0, 0.1) is 6.92 Å². The largest absolute Gasteiger partial charge is 0.368 e. The van der Waals surface area contributed by atoms with Crippen molar-refractivity contribution in [1.29, 1.82) is 0 Å². The monoisotopic (exact) mass is 247 g/mol. The third-order valence-electron chi connectivity index (χ3n) is 2.81. The number of rotatable bonds is 6. The van der Waals surface area contributed by atoms with Crippen molar-refractivity contribution < 1.29 is 4.39 Å². The van der Waals surface area contributed by atoms with E-state index in [0.717, 1.165) is 24.3 Å². The van der Waals surface area contributed by atoms with Crippen LogP contribution < -0.4 is 5.32 Å². The molecule has 0 aliphatic carbocycles. The molecule has 1 aromatic carbocycles. The van der Waals surface area contributed by atoms with E-state index >= 15 is 0 Å². The highest BCUT2D eigenvalue weighted by Gasteiger charge is 2.03. The van der Waals surface area contributed by atoms with Crippen molar-refractivity contribution in [1.82, 2.24) is 9.78 Å². The minimum Gasteiger partial charge on any atom is -0.368 e. The van der Waals surface area contributed by atoms with E-state index in [4.69, 9.17) is 0 Å². The molecule has 0 atom stereocenters. The predicted octanol–water partition coefficient (Wildman–Crippen LogP) is 2.82. The highest BCUT2D eigenvalue weighted by molar-refractivity contribution is 5.41. The Kier molecular flexibility index (Phi) is 4.34. The van der Waals surface area contributed by atoms with Crippen LogP contribution in [0.4, 0.5) is 10.2 Å². The van der Waals surface area contributed by atoms with Gasteiger partial charge in [-0.2, -0.15) is 5.10 Å². The van der Waals surface area contributed by atoms with Gasteiger partial charge in [-0.05, 0) is 18.9 Å². The number of nitrogens with zero attached hydrogens (tertiary/aromatic N) is 2. The predicted molar refractivity (Wildman–Crippen MR) is 71.6 cm³/mol. The van der Waals surface area contributed by atoms with Crippen LogP contribution >= 0.6 is 0 Å². The quantitative estimate of drug-likeness (QED) is 0.850. The molecule has 96 valence electrons. The molecule has 1 aromatic heterocycles. The molecular formula is C14H18FN3. The van der Waals surface area contributed by atoms with Crippen LogP contribution in [0.25, 0.3) is 0 Å². The minimum absolute atomic E-state index is 0.321. The number of benzene rings is 1. The van der Waals surface area contributed by atoms with Crippen molar-refractivity contribution in [2.24, 2.45) is 0 Å². The van der Waals surface area contributed by atoms with Gasteiger partial charge in [0.1, 0.15) is 6.67 Å². The molecule has 0 saturated carbocycles. The van der Waals surface area contributed by atoms with Crippen molar-refractivity contribution in [2.75, 3.05) is 18.5 Å². The Bertz CT molecular complexity index is 479. The minimum atomic E-state index is -0.384. The molecule has 0 fully saturated rings. The van der Waals surface area contributed by atoms with Crippen LogP contribution in [0.15, 0.2) is 36.5 Å². The van der Waals surface area contributed by atoms with Gasteiger partial charge in [-0.3, -0.25) is 4.68 Å². The number of aromatic nitrogens is 2. The molecular weight excluding hydrogens is 229 g/mol. The van der Waals surface area contributed by atoms with Gasteiger partial charge in [-0.1, -0.05) is 30.3 Å². The zero-order chi connectivity index (χ0) is 12.8. The van der Waals surface area contributed by atoms with E-state index in [-0.39, 0.29) is 6.67 Å². The van der Waals surface area contributed by atoms with Crippen LogP contribution in [0.5, 0.6) is 0 Å². The Morgan fingerprint density at radius 1 is 1.28 bits per heavy atom. The highest BCUT2D eigenvalue weighted by atomic mass is 19.1. The molecule has 2 rings (SSSR count). The smallest absolute Gasteiger partial charge is 0.150 e. The number of halogens is 1. The van der Waals surface area contributed by atoms with Crippen molar-refractivity contribution >= 4 is 5.82 Å². The standard InChI is InChI=1S/C14H18FN3/c1-12-11-18(10-8-15)17-14(12)16-9-7-13-5-3-2-4-6-13/h2-6,11H,7-10H2,1H3,(H,16,17). The molecule has 0 amide bonds. The van der Waals surface area contributed by atoms with E-state index in [1.54, 1.807) is 4.68 Å². The SMILES string of the molecule is Cc1cn(CCF)nc1NCCc1ccccc1. The normalized spacial score (nSPS) is 10.6. The molecule has 0 aliphatic heterocycles. The summed E-state index contributed by atoms with van der Waals surface area (Å²) in [7, 11) is 0. The second kappa shape index (κ2) is 6.19. The molecule has 0 unspecified atom stereocenters. The van der Waals surface area contributed by atoms with Gasteiger partial charge in [-0.15, -0.1) is 0 Å². The first kappa shape index (κ1) is 12.6. The van der Waals surface area contributed by atoms with E-state index in [1.807, 2.05) is 31.3 Å². The molecule has 2 aromatic rings. The summed E-state index contributed by atoms with van der Waals surface area (Å²) in [4.78, 5) is 0. The molecule has 0 aliphatic rings. The first-order chi connectivity index (χ1) is 8.79. The number of nitrogens with one attached hydrogen (secondary N) is 1. The second-order valence-corrected chi connectivity index (χ2v) is 4.28. The van der Waals surface area contributed by atoms with E-state index in [9.17, 15) is 4.39 Å². The van der Waals surface area contributed by atoms with Gasteiger partial charge in [0.25, 0.3) is 0 Å². The molecule has 0 spiro atoms. The Balaban J connectivity index is 1.86. The van der Waals surface area contributed by atoms with Crippen LogP contribution in [-0.2, 0) is 13.0 Å². The van der Waals surface area contributed by atoms with Crippen molar-refractivity contribution in [3.05, 3.63) is 47.7 Å². The van der Waals surface area contributed by atoms with Gasteiger partial charge < -0.3 is 5.32 Å². The summed E-state index contributed by atoms with van der Waals surface area (Å²) in [5.74, 6) is 0.847. The third kappa shape index (κ3) is 3.32. The van der Waals surface area contributed by atoms with Crippen LogP contribution in [0.2, 0.25) is 0 Å². The lowest BCUT2D eigenvalue weighted by Crippen LogP contribution is -2.07. The highest BCUT2D eigenvalue weighted by Crippen LogP contribution is 2.11. The topological polar surface area (TPSA) is 29.9 Å². The van der Waals surface area contributed by atoms with Crippen LogP contribution in [0.3, 0.4) is 0 Å². The van der Waals surface area contributed by atoms with E-state index in [0.29, 0.717) is 6.54 Å². The lowest BCUT2D eigenvalue weighted by Gasteiger charge is -2.04. The number of anilines is 1. The zero-order valence-electron chi connectivity index (χ0n) is 10.6. The Morgan fingerprint density at radius 3 is 2.78 bits per heavy atom. The summed E-state index contributed by atoms with van der Waals surface area (Å²) in [6.07, 6.45) is 2.82. The Morgan fingerprint density at radius 2 is 2.06 bits per heavy atom. The van der Waals surface area contributed by atoms with Gasteiger partial charge in [0, 0.05) is 18.3 Å². The van der Waals surface area contributed by atoms with Gasteiger partial charge >= 0.3 is 0 Å². The number of aryl methyl sites for hydroxylation is 2. The number of hydrogen-bond donors (Lipinski definition) is 1. The van der Waals surface area contributed by atoms with Gasteiger partial charge in [0.2, 0.25) is 0 Å². The van der Waals surface area contributed by atoms with Gasteiger partial charge in [0.05, 0.1) is 6.54 Å². The molecule has 1 N–H and O–H groups in total. The molecule has 0 radical (unpaired) electrons. The summed E-state index contributed by atoms with van der Waals surface area (Å²) in [5.41, 5.74) is 2.35. The van der Waals surface area contributed by atoms with E-state index < -0.39 is 0 Å². The summed E-state index contributed by atoms with van der Waals surface area (Å²) in [5, 5.41) is 7.58. The summed E-state index contributed by atoms with van der Waals surface area (Å²) < 4.78 is 13.9. The molecule has 3 nitrogen and oxygen atoms in total. The molecule has 0 bridgehead atoms. The maximum atomic E-state index is 12.2.